The molecule has 1 aromatic carbocycles. The van der Waals surface area contributed by atoms with Crippen molar-refractivity contribution in [3.63, 3.8) is 0 Å². The zero-order valence-corrected chi connectivity index (χ0v) is 11.7. The third-order valence-corrected chi connectivity index (χ3v) is 3.73. The molecular weight excluding hydrogens is 254 g/mol. The summed E-state index contributed by atoms with van der Waals surface area (Å²) < 4.78 is 0. The zero-order valence-electron chi connectivity index (χ0n) is 11.7. The summed E-state index contributed by atoms with van der Waals surface area (Å²) in [7, 11) is 0. The van der Waals surface area contributed by atoms with Gasteiger partial charge < -0.3 is 10.0 Å². The quantitative estimate of drug-likeness (QED) is 0.812. The third-order valence-electron chi connectivity index (χ3n) is 3.73. The molecule has 4 heteroatoms. The number of carboxylic acids is 1. The Hall–Kier alpha value is -1.84. The number of fused-ring (bicyclic) bond motifs is 1. The van der Waals surface area contributed by atoms with Crippen molar-refractivity contribution in [1.29, 1.82) is 0 Å². The Balaban J connectivity index is 1.87. The molecule has 1 amide bonds. The summed E-state index contributed by atoms with van der Waals surface area (Å²) in [5.41, 5.74) is 1.97. The second-order valence-corrected chi connectivity index (χ2v) is 5.26. The standard InChI is InChI=1S/C16H21NO3/c18-15(19)10-2-1-5-11-17-12-6-8-13-7-3-4-9-14(13)16(17)20/h3-4,7,9H,1-2,5-6,8,10-12H2,(H,18,19). The molecule has 20 heavy (non-hydrogen) atoms. The fraction of sp³-hybridized carbons (Fsp3) is 0.500. The molecule has 2 rings (SSSR count). The summed E-state index contributed by atoms with van der Waals surface area (Å²) in [5.74, 6) is -0.624. The van der Waals surface area contributed by atoms with Crippen molar-refractivity contribution in [2.24, 2.45) is 0 Å². The smallest absolute Gasteiger partial charge is 0.303 e. The van der Waals surface area contributed by atoms with Gasteiger partial charge in [0.15, 0.2) is 0 Å². The highest BCUT2D eigenvalue weighted by Gasteiger charge is 2.21. The normalized spacial score (nSPS) is 14.8. The van der Waals surface area contributed by atoms with Gasteiger partial charge in [0.05, 0.1) is 0 Å². The van der Waals surface area contributed by atoms with Crippen LogP contribution in [0.4, 0.5) is 0 Å². The van der Waals surface area contributed by atoms with E-state index in [0.717, 1.165) is 49.9 Å². The highest BCUT2D eigenvalue weighted by Crippen LogP contribution is 2.19. The van der Waals surface area contributed by atoms with Gasteiger partial charge in [0, 0.05) is 25.1 Å². The van der Waals surface area contributed by atoms with Gasteiger partial charge in [0.1, 0.15) is 0 Å². The van der Waals surface area contributed by atoms with Crippen LogP contribution in [0.1, 0.15) is 48.0 Å². The molecule has 1 heterocycles. The lowest BCUT2D eigenvalue weighted by atomic mass is 10.0. The van der Waals surface area contributed by atoms with E-state index >= 15 is 0 Å². The SMILES string of the molecule is O=C(O)CCCCCN1CCCc2ccccc2C1=O. The van der Waals surface area contributed by atoms with Crippen molar-refractivity contribution in [2.45, 2.75) is 38.5 Å². The lowest BCUT2D eigenvalue weighted by molar-refractivity contribution is -0.137. The molecule has 1 aliphatic heterocycles. The Kier molecular flexibility index (Phi) is 5.16. The van der Waals surface area contributed by atoms with Crippen LogP contribution in [-0.4, -0.2) is 35.0 Å². The first-order valence-electron chi connectivity index (χ1n) is 7.27. The molecular formula is C16H21NO3. The Morgan fingerprint density at radius 2 is 2.00 bits per heavy atom. The molecule has 1 aromatic rings. The molecule has 0 unspecified atom stereocenters. The first-order chi connectivity index (χ1) is 9.68. The summed E-state index contributed by atoms with van der Waals surface area (Å²) in [6.07, 6.45) is 4.60. The number of rotatable bonds is 6. The van der Waals surface area contributed by atoms with Crippen LogP contribution in [0.3, 0.4) is 0 Å². The van der Waals surface area contributed by atoms with E-state index in [4.69, 9.17) is 5.11 Å². The van der Waals surface area contributed by atoms with Crippen molar-refractivity contribution in [3.8, 4) is 0 Å². The third kappa shape index (κ3) is 3.83. The predicted molar refractivity (Wildman–Crippen MR) is 76.8 cm³/mol. The Morgan fingerprint density at radius 1 is 1.20 bits per heavy atom. The monoisotopic (exact) mass is 275 g/mol. The summed E-state index contributed by atoms with van der Waals surface area (Å²) in [6.45, 7) is 1.53. The average molecular weight is 275 g/mol. The van der Waals surface area contributed by atoms with Crippen LogP contribution in [0.5, 0.6) is 0 Å². The van der Waals surface area contributed by atoms with Gasteiger partial charge in [-0.25, -0.2) is 0 Å². The highest BCUT2D eigenvalue weighted by atomic mass is 16.4. The number of carbonyl (C=O) groups is 2. The van der Waals surface area contributed by atoms with Crippen LogP contribution < -0.4 is 0 Å². The van der Waals surface area contributed by atoms with Gasteiger partial charge in [-0.05, 0) is 37.3 Å². The van der Waals surface area contributed by atoms with Gasteiger partial charge in [-0.15, -0.1) is 0 Å². The molecule has 4 nitrogen and oxygen atoms in total. The summed E-state index contributed by atoms with van der Waals surface area (Å²) in [4.78, 5) is 24.8. The van der Waals surface area contributed by atoms with Gasteiger partial charge >= 0.3 is 5.97 Å². The number of benzene rings is 1. The van der Waals surface area contributed by atoms with Gasteiger partial charge in [-0.1, -0.05) is 24.6 Å². The van der Waals surface area contributed by atoms with E-state index in [-0.39, 0.29) is 12.3 Å². The van der Waals surface area contributed by atoms with E-state index in [1.165, 1.54) is 0 Å². The van der Waals surface area contributed by atoms with E-state index in [9.17, 15) is 9.59 Å². The number of amides is 1. The van der Waals surface area contributed by atoms with Crippen LogP contribution in [0.15, 0.2) is 24.3 Å². The molecule has 0 aliphatic carbocycles. The maximum Gasteiger partial charge on any atom is 0.303 e. The second kappa shape index (κ2) is 7.08. The van der Waals surface area contributed by atoms with Gasteiger partial charge in [0.25, 0.3) is 5.91 Å². The molecule has 0 radical (unpaired) electrons. The Labute approximate surface area is 119 Å². The molecule has 0 saturated carbocycles. The molecule has 0 atom stereocenters. The topological polar surface area (TPSA) is 57.6 Å². The number of aryl methyl sites for hydroxylation is 1. The number of nitrogens with zero attached hydrogens (tertiary/aromatic N) is 1. The van der Waals surface area contributed by atoms with Gasteiger partial charge in [-0.2, -0.15) is 0 Å². The second-order valence-electron chi connectivity index (χ2n) is 5.26. The van der Waals surface area contributed by atoms with Gasteiger partial charge in [-0.3, -0.25) is 9.59 Å². The molecule has 0 aromatic heterocycles. The summed E-state index contributed by atoms with van der Waals surface area (Å²) >= 11 is 0. The molecule has 0 bridgehead atoms. The number of carbonyl (C=O) groups excluding carboxylic acids is 1. The van der Waals surface area contributed by atoms with E-state index in [2.05, 4.69) is 0 Å². The van der Waals surface area contributed by atoms with Crippen molar-refractivity contribution >= 4 is 11.9 Å². The summed E-state index contributed by atoms with van der Waals surface area (Å²) in [6, 6.07) is 7.82. The number of carboxylic acid groups (broad SMARTS) is 1. The van der Waals surface area contributed by atoms with Gasteiger partial charge in [0.2, 0.25) is 0 Å². The Morgan fingerprint density at radius 3 is 2.80 bits per heavy atom. The maximum absolute atomic E-state index is 12.4. The fourth-order valence-electron chi connectivity index (χ4n) is 2.65. The van der Waals surface area contributed by atoms with Crippen molar-refractivity contribution < 1.29 is 14.7 Å². The molecule has 108 valence electrons. The Bertz CT molecular complexity index is 484. The van der Waals surface area contributed by atoms with Crippen LogP contribution in [-0.2, 0) is 11.2 Å². The lowest BCUT2D eigenvalue weighted by Crippen LogP contribution is -2.31. The largest absolute Gasteiger partial charge is 0.481 e. The molecule has 1 aliphatic rings. The van der Waals surface area contributed by atoms with Crippen LogP contribution in [0, 0.1) is 0 Å². The lowest BCUT2D eigenvalue weighted by Gasteiger charge is -2.20. The number of unbranched alkanes of at least 4 members (excludes halogenated alkanes) is 2. The average Bonchev–Trinajstić information content (AvgIpc) is 2.59. The first kappa shape index (κ1) is 14.6. The van der Waals surface area contributed by atoms with E-state index in [0.29, 0.717) is 6.42 Å². The minimum Gasteiger partial charge on any atom is -0.481 e. The van der Waals surface area contributed by atoms with Crippen molar-refractivity contribution in [1.82, 2.24) is 4.90 Å². The minimum atomic E-state index is -0.746. The van der Waals surface area contributed by atoms with Crippen molar-refractivity contribution in [2.75, 3.05) is 13.1 Å². The predicted octanol–water partition coefficient (Wildman–Crippen LogP) is 2.72. The van der Waals surface area contributed by atoms with Crippen molar-refractivity contribution in [3.05, 3.63) is 35.4 Å². The maximum atomic E-state index is 12.4. The minimum absolute atomic E-state index is 0.122. The number of hydrogen-bond acceptors (Lipinski definition) is 2. The first-order valence-corrected chi connectivity index (χ1v) is 7.27. The zero-order chi connectivity index (χ0) is 14.4. The number of hydrogen-bond donors (Lipinski definition) is 1. The highest BCUT2D eigenvalue weighted by molar-refractivity contribution is 5.96. The van der Waals surface area contributed by atoms with Crippen LogP contribution in [0.25, 0.3) is 0 Å². The summed E-state index contributed by atoms with van der Waals surface area (Å²) in [5, 5.41) is 8.59. The molecule has 1 N–H and O–H groups in total. The molecule has 0 fully saturated rings. The van der Waals surface area contributed by atoms with E-state index in [1.54, 1.807) is 0 Å². The molecule has 0 saturated heterocycles. The van der Waals surface area contributed by atoms with Crippen LogP contribution >= 0.6 is 0 Å². The van der Waals surface area contributed by atoms with Crippen LogP contribution in [0.2, 0.25) is 0 Å². The number of aliphatic carboxylic acids is 1. The fourth-order valence-corrected chi connectivity index (χ4v) is 2.65. The van der Waals surface area contributed by atoms with E-state index < -0.39 is 5.97 Å². The molecule has 0 spiro atoms. The van der Waals surface area contributed by atoms with E-state index in [1.807, 2.05) is 29.2 Å².